The third-order valence-electron chi connectivity index (χ3n) is 5.63. The molecule has 7 nitrogen and oxygen atoms in total. The fourth-order valence-electron chi connectivity index (χ4n) is 3.75. The van der Waals surface area contributed by atoms with Crippen molar-refractivity contribution in [2.24, 2.45) is 11.8 Å². The standard InChI is InChI=1S/C18H24N2O3.C2HF3O2/c21-17(11-14-4-5-14)20-12-18(13-20)15(7-10-23-18)6-9-22-16-3-1-2-8-19-16;3-2(4,5)1(6)7/h1-3,8,14-15H,4-7,9-13H2;(H,6,7). The predicted octanol–water partition coefficient (Wildman–Crippen LogP) is 2.90. The lowest BCUT2D eigenvalue weighted by Crippen LogP contribution is -2.66. The molecule has 1 spiro atoms. The summed E-state index contributed by atoms with van der Waals surface area (Å²) in [7, 11) is 0. The van der Waals surface area contributed by atoms with Crippen LogP contribution in [0, 0.1) is 11.8 Å². The highest BCUT2D eigenvalue weighted by atomic mass is 19.4. The maximum absolute atomic E-state index is 12.2. The van der Waals surface area contributed by atoms with Gasteiger partial charge in [0.2, 0.25) is 11.8 Å². The van der Waals surface area contributed by atoms with Gasteiger partial charge >= 0.3 is 12.1 Å². The molecule has 1 aliphatic carbocycles. The topological polar surface area (TPSA) is 89.0 Å². The molecular formula is C20H25F3N2O5. The van der Waals surface area contributed by atoms with Crippen LogP contribution in [0.4, 0.5) is 13.2 Å². The first kappa shape index (κ1) is 22.3. The van der Waals surface area contributed by atoms with Crippen molar-refractivity contribution < 1.29 is 37.3 Å². The molecule has 10 heteroatoms. The van der Waals surface area contributed by atoms with E-state index in [0.717, 1.165) is 39.0 Å². The van der Waals surface area contributed by atoms with E-state index in [1.54, 1.807) is 6.20 Å². The Kier molecular flexibility index (Phi) is 6.84. The van der Waals surface area contributed by atoms with Crippen molar-refractivity contribution in [3.63, 3.8) is 0 Å². The number of hydrogen-bond donors (Lipinski definition) is 1. The number of halogens is 3. The molecule has 1 saturated carbocycles. The fraction of sp³-hybridized carbons (Fsp3) is 0.650. The highest BCUT2D eigenvalue weighted by molar-refractivity contribution is 5.78. The minimum Gasteiger partial charge on any atom is -0.478 e. The lowest BCUT2D eigenvalue weighted by Gasteiger charge is -2.50. The summed E-state index contributed by atoms with van der Waals surface area (Å²) in [6, 6.07) is 5.69. The number of alkyl halides is 3. The van der Waals surface area contributed by atoms with Crippen molar-refractivity contribution in [1.82, 2.24) is 9.88 Å². The van der Waals surface area contributed by atoms with E-state index in [2.05, 4.69) is 4.98 Å². The minimum absolute atomic E-state index is 0.104. The summed E-state index contributed by atoms with van der Waals surface area (Å²) >= 11 is 0. The molecule has 0 aromatic carbocycles. The first-order chi connectivity index (χ1) is 14.2. The summed E-state index contributed by atoms with van der Waals surface area (Å²) in [5, 5.41) is 7.12. The number of carboxylic acid groups (broad SMARTS) is 1. The Morgan fingerprint density at radius 2 is 1.97 bits per heavy atom. The van der Waals surface area contributed by atoms with Crippen molar-refractivity contribution in [1.29, 1.82) is 0 Å². The average Bonchev–Trinajstić information content (AvgIpc) is 3.37. The van der Waals surface area contributed by atoms with Gasteiger partial charge in [0.05, 0.1) is 19.7 Å². The third kappa shape index (κ3) is 5.84. The number of carbonyl (C=O) groups is 2. The van der Waals surface area contributed by atoms with Crippen LogP contribution < -0.4 is 4.74 Å². The Morgan fingerprint density at radius 3 is 2.53 bits per heavy atom. The molecule has 0 bridgehead atoms. The number of aromatic nitrogens is 1. The zero-order chi connectivity index (χ0) is 21.8. The lowest BCUT2D eigenvalue weighted by atomic mass is 9.79. The van der Waals surface area contributed by atoms with E-state index in [4.69, 9.17) is 19.4 Å². The third-order valence-corrected chi connectivity index (χ3v) is 5.63. The number of nitrogens with zero attached hydrogens (tertiary/aromatic N) is 2. The van der Waals surface area contributed by atoms with Crippen LogP contribution >= 0.6 is 0 Å². The van der Waals surface area contributed by atoms with E-state index in [-0.39, 0.29) is 5.60 Å². The van der Waals surface area contributed by atoms with Crippen molar-refractivity contribution >= 4 is 11.9 Å². The zero-order valence-corrected chi connectivity index (χ0v) is 16.4. The molecule has 1 aromatic heterocycles. The molecule has 2 saturated heterocycles. The summed E-state index contributed by atoms with van der Waals surface area (Å²) < 4.78 is 43.5. The first-order valence-corrected chi connectivity index (χ1v) is 9.95. The monoisotopic (exact) mass is 430 g/mol. The Hall–Kier alpha value is -2.36. The summed E-state index contributed by atoms with van der Waals surface area (Å²) in [6.45, 7) is 3.00. The van der Waals surface area contributed by atoms with Crippen LogP contribution in [0.3, 0.4) is 0 Å². The van der Waals surface area contributed by atoms with Gasteiger partial charge in [-0.15, -0.1) is 0 Å². The van der Waals surface area contributed by atoms with E-state index in [1.807, 2.05) is 23.1 Å². The second-order valence-electron chi connectivity index (χ2n) is 7.90. The van der Waals surface area contributed by atoms with Crippen LogP contribution in [-0.2, 0) is 14.3 Å². The fourth-order valence-corrected chi connectivity index (χ4v) is 3.75. The summed E-state index contributed by atoms with van der Waals surface area (Å²) in [5.74, 6) is -0.623. The Balaban J connectivity index is 0.000000318. The summed E-state index contributed by atoms with van der Waals surface area (Å²) in [5.41, 5.74) is -0.104. The van der Waals surface area contributed by atoms with Gasteiger partial charge in [0.1, 0.15) is 5.60 Å². The van der Waals surface area contributed by atoms with Crippen LogP contribution in [0.25, 0.3) is 0 Å². The van der Waals surface area contributed by atoms with E-state index in [1.165, 1.54) is 12.8 Å². The van der Waals surface area contributed by atoms with Gasteiger partial charge in [-0.05, 0) is 43.6 Å². The molecule has 1 N–H and O–H groups in total. The van der Waals surface area contributed by atoms with Crippen molar-refractivity contribution in [2.45, 2.75) is 43.9 Å². The maximum atomic E-state index is 12.2. The second-order valence-corrected chi connectivity index (χ2v) is 7.90. The van der Waals surface area contributed by atoms with Gasteiger partial charge in [-0.3, -0.25) is 4.79 Å². The van der Waals surface area contributed by atoms with Crippen molar-refractivity contribution in [3.05, 3.63) is 24.4 Å². The van der Waals surface area contributed by atoms with Crippen molar-refractivity contribution in [3.8, 4) is 5.88 Å². The number of pyridine rings is 1. The van der Waals surface area contributed by atoms with E-state index >= 15 is 0 Å². The lowest BCUT2D eigenvalue weighted by molar-refractivity contribution is -0.192. The molecule has 3 heterocycles. The second kappa shape index (κ2) is 9.20. The normalized spacial score (nSPS) is 22.1. The highest BCUT2D eigenvalue weighted by Gasteiger charge is 2.54. The minimum atomic E-state index is -5.08. The van der Waals surface area contributed by atoms with Crippen LogP contribution in [0.5, 0.6) is 5.88 Å². The average molecular weight is 430 g/mol. The molecule has 1 unspecified atom stereocenters. The molecule has 3 aliphatic rings. The Labute approximate surface area is 172 Å². The molecule has 1 atom stereocenters. The van der Waals surface area contributed by atoms with E-state index in [0.29, 0.717) is 30.2 Å². The van der Waals surface area contributed by atoms with E-state index < -0.39 is 12.1 Å². The number of carbonyl (C=O) groups excluding carboxylic acids is 1. The molecule has 1 amide bonds. The number of amides is 1. The number of carboxylic acids is 1. The largest absolute Gasteiger partial charge is 0.490 e. The summed E-state index contributed by atoms with van der Waals surface area (Å²) in [4.78, 5) is 27.2. The summed E-state index contributed by atoms with van der Waals surface area (Å²) in [6.07, 6.45) is 1.88. The number of rotatable bonds is 6. The van der Waals surface area contributed by atoms with Gasteiger partial charge < -0.3 is 19.5 Å². The highest BCUT2D eigenvalue weighted by Crippen LogP contribution is 2.43. The molecule has 3 fully saturated rings. The SMILES string of the molecule is O=C(CC1CC1)N1CC2(C1)OCCC2CCOc1ccccn1.O=C(O)C(F)(F)F. The van der Waals surface area contributed by atoms with Gasteiger partial charge in [-0.1, -0.05) is 6.07 Å². The smallest absolute Gasteiger partial charge is 0.478 e. The van der Waals surface area contributed by atoms with Crippen LogP contribution in [0.1, 0.15) is 32.1 Å². The van der Waals surface area contributed by atoms with Gasteiger partial charge in [0.15, 0.2) is 0 Å². The number of likely N-dealkylation sites (tertiary alicyclic amines) is 1. The van der Waals surface area contributed by atoms with Crippen molar-refractivity contribution in [2.75, 3.05) is 26.3 Å². The predicted molar refractivity (Wildman–Crippen MR) is 98.8 cm³/mol. The molecular weight excluding hydrogens is 405 g/mol. The van der Waals surface area contributed by atoms with Gasteiger partial charge in [0, 0.05) is 25.3 Å². The number of ether oxygens (including phenoxy) is 2. The molecule has 0 radical (unpaired) electrons. The first-order valence-electron chi connectivity index (χ1n) is 9.95. The molecule has 2 aliphatic heterocycles. The number of hydrogen-bond acceptors (Lipinski definition) is 5. The van der Waals surface area contributed by atoms with E-state index in [9.17, 15) is 18.0 Å². The van der Waals surface area contributed by atoms with Crippen LogP contribution in [-0.4, -0.2) is 64.9 Å². The van der Waals surface area contributed by atoms with Gasteiger partial charge in [0.25, 0.3) is 0 Å². The van der Waals surface area contributed by atoms with Gasteiger partial charge in [-0.25, -0.2) is 9.78 Å². The Morgan fingerprint density at radius 1 is 1.27 bits per heavy atom. The zero-order valence-electron chi connectivity index (χ0n) is 16.4. The van der Waals surface area contributed by atoms with Gasteiger partial charge in [-0.2, -0.15) is 13.2 Å². The Bertz CT molecular complexity index is 734. The molecule has 166 valence electrons. The molecule has 4 rings (SSSR count). The van der Waals surface area contributed by atoms with Crippen LogP contribution in [0.15, 0.2) is 24.4 Å². The quantitative estimate of drug-likeness (QED) is 0.747. The maximum Gasteiger partial charge on any atom is 0.490 e. The van der Waals surface area contributed by atoms with Crippen LogP contribution in [0.2, 0.25) is 0 Å². The number of aliphatic carboxylic acids is 1. The molecule has 1 aromatic rings. The molecule has 30 heavy (non-hydrogen) atoms.